The van der Waals surface area contributed by atoms with Crippen molar-refractivity contribution in [2.24, 2.45) is 4.99 Å². The lowest BCUT2D eigenvalue weighted by Gasteiger charge is -2.33. The van der Waals surface area contributed by atoms with Gasteiger partial charge in [-0.25, -0.2) is 15.6 Å². The van der Waals surface area contributed by atoms with Gasteiger partial charge < -0.3 is 38.3 Å². The lowest BCUT2D eigenvalue weighted by Crippen LogP contribution is -2.44. The lowest BCUT2D eigenvalue weighted by atomic mass is 9.75. The summed E-state index contributed by atoms with van der Waals surface area (Å²) in [4.78, 5) is 83.8. The topological polar surface area (TPSA) is 220 Å². The molecule has 5 bridgehead atoms. The number of hydrogen-bond acceptors (Lipinski definition) is 13. The molecule has 4 aliphatic heterocycles. The number of ketones is 6. The van der Waals surface area contributed by atoms with Gasteiger partial charge >= 0.3 is 36.0 Å². The van der Waals surface area contributed by atoms with Gasteiger partial charge in [-0.15, -0.1) is 11.5 Å². The zero-order chi connectivity index (χ0) is 40.0. The predicted octanol–water partition coefficient (Wildman–Crippen LogP) is -0.835. The number of carbonyl (C=O) groups is 6. The predicted molar refractivity (Wildman–Crippen MR) is 175 cm³/mol. The lowest BCUT2D eigenvalue weighted by molar-refractivity contribution is -0.560. The summed E-state index contributed by atoms with van der Waals surface area (Å²) in [5, 5.41) is 24.9. The van der Waals surface area contributed by atoms with E-state index in [0.29, 0.717) is 0 Å². The maximum Gasteiger partial charge on any atom is 0.519 e. The van der Waals surface area contributed by atoms with Crippen LogP contribution in [0.1, 0.15) is 0 Å². The normalized spacial score (nSPS) is 25.8. The molecule has 2 atom stereocenters. The average molecular weight is 727 g/mol. The Labute approximate surface area is 305 Å². The van der Waals surface area contributed by atoms with E-state index < -0.39 is 138 Å². The van der Waals surface area contributed by atoms with Crippen LogP contribution in [0.25, 0.3) is 0 Å². The van der Waals surface area contributed by atoms with Gasteiger partial charge in [0.15, 0.2) is 18.6 Å². The van der Waals surface area contributed by atoms with Gasteiger partial charge in [0.25, 0.3) is 17.1 Å². The quantitative estimate of drug-likeness (QED) is 0.0497. The zero-order valence-corrected chi connectivity index (χ0v) is 27.7. The van der Waals surface area contributed by atoms with Gasteiger partial charge in [-0.05, 0) is 6.58 Å². The molecule has 2 aliphatic carbocycles. The van der Waals surface area contributed by atoms with Crippen LogP contribution in [-0.2, 0) is 56.6 Å². The first kappa shape index (κ1) is 37.4. The highest BCUT2D eigenvalue weighted by atomic mass is 16.8. The highest BCUT2D eigenvalue weighted by molar-refractivity contribution is 6.39. The van der Waals surface area contributed by atoms with Crippen molar-refractivity contribution < 1.29 is 66.8 Å². The molecule has 1 spiro atoms. The number of hydrogen-bond donors (Lipinski definition) is 0. The van der Waals surface area contributed by atoms with E-state index in [1.165, 1.54) is 0 Å². The van der Waals surface area contributed by atoms with Crippen molar-refractivity contribution in [3.63, 3.8) is 0 Å². The van der Waals surface area contributed by atoms with Gasteiger partial charge in [0.2, 0.25) is 17.3 Å². The fourth-order valence-electron chi connectivity index (χ4n) is 5.04. The number of aliphatic imine (C=N–C) groups is 1. The Hall–Kier alpha value is -7.88. The Morgan fingerprint density at radius 2 is 1.67 bits per heavy atom. The number of carbonyl (C=O) groups excluding carboxylic acids is 8. The third-order valence-corrected chi connectivity index (χ3v) is 7.60. The van der Waals surface area contributed by atoms with E-state index in [0.717, 1.165) is 0 Å². The van der Waals surface area contributed by atoms with Crippen molar-refractivity contribution in [3.05, 3.63) is 151 Å². The highest BCUT2D eigenvalue weighted by Gasteiger charge is 2.65. The highest BCUT2D eigenvalue weighted by Crippen LogP contribution is 2.51. The van der Waals surface area contributed by atoms with E-state index in [1.54, 1.807) is 0 Å². The minimum absolute atomic E-state index is 0.480. The Kier molecular flexibility index (Phi) is 9.24. The molecule has 1 radical (unpaired) electrons. The molecule has 54 heavy (non-hydrogen) atoms. The molecule has 0 aromatic rings. The van der Waals surface area contributed by atoms with Crippen molar-refractivity contribution in [3.8, 4) is 12.0 Å². The molecular weight excluding hydrogens is 706 g/mol. The van der Waals surface area contributed by atoms with Gasteiger partial charge in [0.05, 0.1) is 34.2 Å². The molecule has 6 aliphatic rings. The number of esters is 1. The summed E-state index contributed by atoms with van der Waals surface area (Å²) in [6, 6.07) is 0. The van der Waals surface area contributed by atoms with E-state index >= 15 is 0 Å². The van der Waals surface area contributed by atoms with Crippen molar-refractivity contribution in [2.75, 3.05) is 6.61 Å². The van der Waals surface area contributed by atoms with E-state index in [2.05, 4.69) is 101 Å². The largest absolute Gasteiger partial charge is 0.901 e. The minimum Gasteiger partial charge on any atom is -0.901 e. The van der Waals surface area contributed by atoms with Crippen molar-refractivity contribution in [1.82, 2.24) is 0 Å². The fourth-order valence-corrected chi connectivity index (χ4v) is 5.04. The smallest absolute Gasteiger partial charge is 0.519 e. The van der Waals surface area contributed by atoms with Crippen molar-refractivity contribution in [1.29, 1.82) is 0 Å². The molecule has 0 aromatic carbocycles. The van der Waals surface area contributed by atoms with Crippen LogP contribution in [0.2, 0.25) is 0 Å². The van der Waals surface area contributed by atoms with Crippen LogP contribution < -0.4 is 10.2 Å². The number of allylic oxidation sites excluding steroid dienone is 7. The first-order chi connectivity index (χ1) is 25.3. The molecule has 2 unspecified atom stereocenters. The zero-order valence-electron chi connectivity index (χ0n) is 27.7. The van der Waals surface area contributed by atoms with Crippen LogP contribution in [0.4, 0.5) is 0 Å². The van der Waals surface area contributed by atoms with E-state index in [4.69, 9.17) is 27.8 Å². The van der Waals surface area contributed by atoms with Crippen LogP contribution in [0, 0.1) is 45.0 Å². The summed E-state index contributed by atoms with van der Waals surface area (Å²) in [5.41, 5.74) is -2.18. The van der Waals surface area contributed by atoms with Gasteiger partial charge in [0, 0.05) is 12.5 Å². The molecule has 6 rings (SSSR count). The molecule has 0 saturated carbocycles. The number of Topliss-reactive ketones (excluding diaryl/α,β-unsaturated/α-hetero) is 5. The number of fused-ring (bicyclic) bond motifs is 10. The third kappa shape index (κ3) is 6.08. The molecule has 1 fully saturated rings. The number of ether oxygens (including phenoxy) is 4. The Bertz CT molecular complexity index is 2450. The first-order valence-electron chi connectivity index (χ1n) is 14.6. The Balaban J connectivity index is 1.77. The standard InChI is InChI=1S/C39H20NO14/c1-17-11-10-12-18(2)37(48)40-24-15-39(51-16-26(42)53-39)29-27(33(24)46)32(45)22(6)35-28(29)36(47)38(8,54-35)50-14-13-25(49-9)19(3)34(52-23(7)41)21(5)31(44)20(4)30(17)43/h1-9,16H2. The second-order valence-electron chi connectivity index (χ2n) is 11.1. The van der Waals surface area contributed by atoms with Crippen LogP contribution in [0.5, 0.6) is 0 Å². The van der Waals surface area contributed by atoms with E-state index in [9.17, 15) is 39.0 Å². The Morgan fingerprint density at radius 3 is 2.28 bits per heavy atom. The van der Waals surface area contributed by atoms with Gasteiger partial charge in [-0.2, -0.15) is 23.7 Å². The third-order valence-electron chi connectivity index (χ3n) is 7.60. The van der Waals surface area contributed by atoms with Crippen LogP contribution >= 0.6 is 0 Å². The van der Waals surface area contributed by atoms with Crippen LogP contribution in [0.3, 0.4) is 0 Å². The van der Waals surface area contributed by atoms with Crippen LogP contribution in [0.15, 0.2) is 123 Å². The molecular formula is C39H20NO14. The van der Waals surface area contributed by atoms with Crippen molar-refractivity contribution in [2.45, 2.75) is 11.6 Å². The summed E-state index contributed by atoms with van der Waals surface area (Å²) < 4.78 is 31.8. The molecule has 0 aromatic heterocycles. The maximum absolute atomic E-state index is 14.0. The molecule has 15 heteroatoms. The summed E-state index contributed by atoms with van der Waals surface area (Å²) in [7, 11) is 0. The monoisotopic (exact) mass is 726 g/mol. The minimum atomic E-state index is -2.67. The molecule has 15 nitrogen and oxygen atoms in total. The second kappa shape index (κ2) is 13.3. The summed E-state index contributed by atoms with van der Waals surface area (Å²) >= 11 is 0. The molecule has 1 saturated heterocycles. The van der Waals surface area contributed by atoms with Gasteiger partial charge in [-0.3, -0.25) is 19.2 Å². The SMILES string of the molecule is C=[O+]C1=C([CH2+])C(=[O+]C(=C)[O-])C(=C)C(=O)C(=C)C(=O)C([CH2-])=C=C=[C-]C(=C)C([O-])=NC2=[C]C3(OCC(=O)O3)C3=C(C(=O)C(=C)C4=C3C(=O)C([CH2+])(OC#C1)O4)C2=O. The van der Waals surface area contributed by atoms with Gasteiger partial charge in [0.1, 0.15) is 24.0 Å². The van der Waals surface area contributed by atoms with Crippen molar-refractivity contribution >= 4 is 53.4 Å². The summed E-state index contributed by atoms with van der Waals surface area (Å²) in [6.07, 6.45) is 6.65. The molecule has 4 heterocycles. The maximum atomic E-state index is 14.0. The summed E-state index contributed by atoms with van der Waals surface area (Å²) in [5.74, 6) is -14.3. The van der Waals surface area contributed by atoms with E-state index in [1.807, 2.05) is 0 Å². The molecule has 0 N–H and O–H groups in total. The first-order valence-corrected chi connectivity index (χ1v) is 14.6. The van der Waals surface area contributed by atoms with Gasteiger partial charge in [-0.1, -0.05) is 31.4 Å². The Morgan fingerprint density at radius 1 is 0.981 bits per heavy atom. The van der Waals surface area contributed by atoms with E-state index in [-0.39, 0.29) is 0 Å². The fraction of sp³-hybridized carbons (Fsp3) is 0.0769. The molecule has 0 amide bonds. The average Bonchev–Trinajstić information content (AvgIpc) is 3.62. The molecule has 265 valence electrons. The van der Waals surface area contributed by atoms with Crippen LogP contribution in [-0.4, -0.2) is 71.5 Å². The summed E-state index contributed by atoms with van der Waals surface area (Å²) in [6.45, 7) is 30.3. The number of nitrogens with zero attached hydrogens (tertiary/aromatic N) is 1. The second-order valence-corrected chi connectivity index (χ2v) is 11.1. The number of rotatable bonds is 2.